The van der Waals surface area contributed by atoms with Crippen LogP contribution in [-0.4, -0.2) is 23.0 Å². The lowest BCUT2D eigenvalue weighted by Crippen LogP contribution is -2.36. The van der Waals surface area contributed by atoms with Crippen molar-refractivity contribution >= 4 is 11.9 Å². The van der Waals surface area contributed by atoms with Crippen LogP contribution in [0.4, 0.5) is 0 Å². The van der Waals surface area contributed by atoms with E-state index in [1.807, 2.05) is 6.92 Å². The van der Waals surface area contributed by atoms with E-state index in [0.717, 1.165) is 32.1 Å². The van der Waals surface area contributed by atoms with E-state index in [2.05, 4.69) is 5.32 Å². The molecule has 0 aromatic carbocycles. The molecule has 1 atom stereocenters. The lowest BCUT2D eigenvalue weighted by Gasteiger charge is -2.16. The predicted molar refractivity (Wildman–Crippen MR) is 61.0 cm³/mol. The fraction of sp³-hybridized carbons (Fsp3) is 0.833. The van der Waals surface area contributed by atoms with Gasteiger partial charge in [-0.3, -0.25) is 9.59 Å². The average molecular weight is 227 g/mol. The number of carbonyl (C=O) groups is 2. The second kappa shape index (κ2) is 6.51. The molecule has 0 spiro atoms. The molecule has 1 fully saturated rings. The van der Waals surface area contributed by atoms with Crippen molar-refractivity contribution in [1.29, 1.82) is 0 Å². The van der Waals surface area contributed by atoms with Crippen LogP contribution in [0.25, 0.3) is 0 Å². The molecule has 0 heterocycles. The van der Waals surface area contributed by atoms with E-state index in [1.54, 1.807) is 0 Å². The quantitative estimate of drug-likeness (QED) is 0.728. The van der Waals surface area contributed by atoms with Gasteiger partial charge in [0.05, 0.1) is 0 Å². The third kappa shape index (κ3) is 4.64. The second-order valence-corrected chi connectivity index (χ2v) is 4.68. The Morgan fingerprint density at radius 2 is 2.00 bits per heavy atom. The number of aliphatic carboxylic acids is 1. The first-order chi connectivity index (χ1) is 7.59. The summed E-state index contributed by atoms with van der Waals surface area (Å²) in [5.41, 5.74) is 0. The summed E-state index contributed by atoms with van der Waals surface area (Å²) in [6.45, 7) is 1.94. The third-order valence-electron chi connectivity index (χ3n) is 3.14. The van der Waals surface area contributed by atoms with Crippen molar-refractivity contribution in [2.24, 2.45) is 5.92 Å². The van der Waals surface area contributed by atoms with Crippen molar-refractivity contribution in [2.75, 3.05) is 0 Å². The summed E-state index contributed by atoms with van der Waals surface area (Å²) in [4.78, 5) is 22.1. The van der Waals surface area contributed by atoms with Gasteiger partial charge >= 0.3 is 5.97 Å². The minimum absolute atomic E-state index is 0.0902. The molecule has 16 heavy (non-hydrogen) atoms. The molecule has 1 unspecified atom stereocenters. The average Bonchev–Trinajstić information content (AvgIpc) is 2.69. The zero-order chi connectivity index (χ0) is 12.0. The van der Waals surface area contributed by atoms with Crippen LogP contribution in [0.1, 0.15) is 51.9 Å². The highest BCUT2D eigenvalue weighted by molar-refractivity contribution is 5.79. The minimum Gasteiger partial charge on any atom is -0.481 e. The van der Waals surface area contributed by atoms with Gasteiger partial charge < -0.3 is 10.4 Å². The van der Waals surface area contributed by atoms with Gasteiger partial charge in [-0.15, -0.1) is 0 Å². The van der Waals surface area contributed by atoms with Crippen molar-refractivity contribution in [2.45, 2.75) is 57.9 Å². The van der Waals surface area contributed by atoms with Crippen molar-refractivity contribution in [3.05, 3.63) is 0 Å². The summed E-state index contributed by atoms with van der Waals surface area (Å²) in [5.74, 6) is -0.420. The molecule has 92 valence electrons. The summed E-state index contributed by atoms with van der Waals surface area (Å²) in [5, 5.41) is 11.5. The molecule has 1 amide bonds. The van der Waals surface area contributed by atoms with Gasteiger partial charge in [0.2, 0.25) is 5.91 Å². The van der Waals surface area contributed by atoms with Gasteiger partial charge in [0.1, 0.15) is 0 Å². The lowest BCUT2D eigenvalue weighted by molar-refractivity contribution is -0.137. The Labute approximate surface area is 96.4 Å². The number of carbonyl (C=O) groups excluding carboxylic acids is 1. The standard InChI is InChI=1S/C12H21NO3/c1-9(5-4-8-11(14)15)13-12(16)10-6-2-3-7-10/h9-10H,2-8H2,1H3,(H,13,16)(H,14,15). The van der Waals surface area contributed by atoms with Crippen molar-refractivity contribution in [3.63, 3.8) is 0 Å². The number of carboxylic acid groups (broad SMARTS) is 1. The Bertz CT molecular complexity index is 247. The van der Waals surface area contributed by atoms with E-state index in [1.165, 1.54) is 0 Å². The molecule has 2 N–H and O–H groups in total. The number of carboxylic acids is 1. The van der Waals surface area contributed by atoms with Crippen LogP contribution in [0.5, 0.6) is 0 Å². The number of hydrogen-bond donors (Lipinski definition) is 2. The fourth-order valence-electron chi connectivity index (χ4n) is 2.18. The van der Waals surface area contributed by atoms with Gasteiger partial charge in [-0.2, -0.15) is 0 Å². The smallest absolute Gasteiger partial charge is 0.303 e. The Morgan fingerprint density at radius 1 is 1.38 bits per heavy atom. The highest BCUT2D eigenvalue weighted by Gasteiger charge is 2.23. The normalized spacial score (nSPS) is 18.3. The molecule has 0 radical (unpaired) electrons. The Hall–Kier alpha value is -1.06. The molecule has 1 aliphatic rings. The second-order valence-electron chi connectivity index (χ2n) is 4.68. The molecular formula is C12H21NO3. The van der Waals surface area contributed by atoms with E-state index in [0.29, 0.717) is 6.42 Å². The molecule has 0 bridgehead atoms. The van der Waals surface area contributed by atoms with E-state index in [4.69, 9.17) is 5.11 Å². The number of nitrogens with one attached hydrogen (secondary N) is 1. The molecule has 1 aliphatic carbocycles. The maximum atomic E-state index is 11.7. The Balaban J connectivity index is 2.14. The topological polar surface area (TPSA) is 66.4 Å². The number of hydrogen-bond acceptors (Lipinski definition) is 2. The van der Waals surface area contributed by atoms with E-state index in [9.17, 15) is 9.59 Å². The molecule has 0 aromatic heterocycles. The molecule has 0 saturated heterocycles. The van der Waals surface area contributed by atoms with Gasteiger partial charge in [0.15, 0.2) is 0 Å². The zero-order valence-electron chi connectivity index (χ0n) is 9.87. The summed E-state index contributed by atoms with van der Waals surface area (Å²) in [6.07, 6.45) is 5.88. The van der Waals surface area contributed by atoms with Gasteiger partial charge in [-0.1, -0.05) is 12.8 Å². The zero-order valence-corrected chi connectivity index (χ0v) is 9.87. The van der Waals surface area contributed by atoms with Crippen LogP contribution >= 0.6 is 0 Å². The highest BCUT2D eigenvalue weighted by Crippen LogP contribution is 2.24. The first-order valence-electron chi connectivity index (χ1n) is 6.11. The fourth-order valence-corrected chi connectivity index (χ4v) is 2.18. The molecule has 1 rings (SSSR count). The first-order valence-corrected chi connectivity index (χ1v) is 6.11. The predicted octanol–water partition coefficient (Wildman–Crippen LogP) is 1.94. The number of amides is 1. The molecule has 1 saturated carbocycles. The van der Waals surface area contributed by atoms with Crippen LogP contribution in [0.15, 0.2) is 0 Å². The van der Waals surface area contributed by atoms with Crippen LogP contribution in [0, 0.1) is 5.92 Å². The van der Waals surface area contributed by atoms with Crippen LogP contribution in [0.2, 0.25) is 0 Å². The molecule has 0 aromatic rings. The van der Waals surface area contributed by atoms with Crippen LogP contribution in [0.3, 0.4) is 0 Å². The number of rotatable bonds is 6. The first kappa shape index (κ1) is 13.0. The van der Waals surface area contributed by atoms with Gasteiger partial charge in [-0.05, 0) is 32.6 Å². The largest absolute Gasteiger partial charge is 0.481 e. The SMILES string of the molecule is CC(CCCC(=O)O)NC(=O)C1CCCC1. The van der Waals surface area contributed by atoms with Crippen LogP contribution in [-0.2, 0) is 9.59 Å². The Kier molecular flexibility index (Phi) is 5.29. The molecule has 4 heteroatoms. The van der Waals surface area contributed by atoms with Crippen molar-refractivity contribution in [3.8, 4) is 0 Å². The van der Waals surface area contributed by atoms with E-state index >= 15 is 0 Å². The van der Waals surface area contributed by atoms with E-state index < -0.39 is 5.97 Å². The maximum Gasteiger partial charge on any atom is 0.303 e. The van der Waals surface area contributed by atoms with Gasteiger partial charge in [0.25, 0.3) is 0 Å². The summed E-state index contributed by atoms with van der Waals surface area (Å²) in [6, 6.07) is 0.0902. The van der Waals surface area contributed by atoms with Crippen LogP contribution < -0.4 is 5.32 Å². The third-order valence-corrected chi connectivity index (χ3v) is 3.14. The van der Waals surface area contributed by atoms with E-state index in [-0.39, 0.29) is 24.3 Å². The van der Waals surface area contributed by atoms with Gasteiger partial charge in [-0.25, -0.2) is 0 Å². The van der Waals surface area contributed by atoms with Gasteiger partial charge in [0, 0.05) is 18.4 Å². The monoisotopic (exact) mass is 227 g/mol. The summed E-state index contributed by atoms with van der Waals surface area (Å²) in [7, 11) is 0. The summed E-state index contributed by atoms with van der Waals surface area (Å²) >= 11 is 0. The molecule has 4 nitrogen and oxygen atoms in total. The highest BCUT2D eigenvalue weighted by atomic mass is 16.4. The van der Waals surface area contributed by atoms with Crippen molar-refractivity contribution < 1.29 is 14.7 Å². The lowest BCUT2D eigenvalue weighted by atomic mass is 10.1. The van der Waals surface area contributed by atoms with Crippen molar-refractivity contribution in [1.82, 2.24) is 5.32 Å². The minimum atomic E-state index is -0.769. The Morgan fingerprint density at radius 3 is 2.56 bits per heavy atom. The molecular weight excluding hydrogens is 206 g/mol. The summed E-state index contributed by atoms with van der Waals surface area (Å²) < 4.78 is 0. The maximum absolute atomic E-state index is 11.7. The molecule has 0 aliphatic heterocycles.